The van der Waals surface area contributed by atoms with Gasteiger partial charge in [-0.1, -0.05) is 12.1 Å². The lowest BCUT2D eigenvalue weighted by Gasteiger charge is -2.26. The standard InChI is InChI=1S/C21H23N3O3/c1-26-17-4-3-16-9-15(12-27-20(16)11-17)8-14-2-5-19-18(10-14)21(22-6-7-25)24-13-23-19/h2-5,10-11,13,15,25H,6-9,12H2,1H3,(H,22,23,24). The Hall–Kier alpha value is -2.86. The quantitative estimate of drug-likeness (QED) is 0.700. The van der Waals surface area contributed by atoms with Gasteiger partial charge in [-0.25, -0.2) is 9.97 Å². The molecule has 0 bridgehead atoms. The van der Waals surface area contributed by atoms with Crippen LogP contribution in [0, 0.1) is 5.92 Å². The summed E-state index contributed by atoms with van der Waals surface area (Å²) >= 11 is 0. The van der Waals surface area contributed by atoms with Gasteiger partial charge in [0, 0.05) is 23.9 Å². The molecule has 0 aliphatic carbocycles. The zero-order chi connectivity index (χ0) is 18.6. The van der Waals surface area contributed by atoms with Crippen molar-refractivity contribution < 1.29 is 14.6 Å². The van der Waals surface area contributed by atoms with Crippen LogP contribution in [0.4, 0.5) is 5.82 Å². The van der Waals surface area contributed by atoms with Crippen LogP contribution in [-0.4, -0.2) is 41.9 Å². The molecule has 4 rings (SSSR count). The number of hydrogen-bond donors (Lipinski definition) is 2. The Labute approximate surface area is 158 Å². The van der Waals surface area contributed by atoms with E-state index in [1.807, 2.05) is 18.2 Å². The largest absolute Gasteiger partial charge is 0.497 e. The molecule has 2 N–H and O–H groups in total. The van der Waals surface area contributed by atoms with E-state index in [2.05, 4.69) is 33.5 Å². The highest BCUT2D eigenvalue weighted by atomic mass is 16.5. The molecule has 1 aliphatic rings. The summed E-state index contributed by atoms with van der Waals surface area (Å²) < 4.78 is 11.2. The minimum atomic E-state index is 0.0643. The minimum absolute atomic E-state index is 0.0643. The molecule has 6 nitrogen and oxygen atoms in total. The van der Waals surface area contributed by atoms with Gasteiger partial charge < -0.3 is 19.9 Å². The molecule has 0 spiro atoms. The predicted octanol–water partition coefficient (Wildman–Crippen LogP) is 2.84. The van der Waals surface area contributed by atoms with Crippen molar-refractivity contribution in [3.63, 3.8) is 0 Å². The van der Waals surface area contributed by atoms with E-state index in [-0.39, 0.29) is 6.61 Å². The molecule has 0 saturated carbocycles. The Kier molecular flexibility index (Phi) is 5.07. The average Bonchev–Trinajstić information content (AvgIpc) is 2.71. The van der Waals surface area contributed by atoms with Crippen molar-refractivity contribution in [1.29, 1.82) is 0 Å². The molecule has 1 atom stereocenters. The van der Waals surface area contributed by atoms with Gasteiger partial charge in [0.2, 0.25) is 0 Å². The summed E-state index contributed by atoms with van der Waals surface area (Å²) in [4.78, 5) is 8.64. The smallest absolute Gasteiger partial charge is 0.137 e. The number of anilines is 1. The van der Waals surface area contributed by atoms with Crippen molar-refractivity contribution in [2.75, 3.05) is 32.2 Å². The molecular weight excluding hydrogens is 342 g/mol. The van der Waals surface area contributed by atoms with Crippen molar-refractivity contribution >= 4 is 16.7 Å². The van der Waals surface area contributed by atoms with Gasteiger partial charge in [0.05, 0.1) is 25.8 Å². The number of aliphatic hydroxyl groups excluding tert-OH is 1. The molecule has 1 unspecified atom stereocenters. The van der Waals surface area contributed by atoms with Crippen molar-refractivity contribution in [2.24, 2.45) is 5.92 Å². The lowest BCUT2D eigenvalue weighted by atomic mass is 9.90. The SMILES string of the molecule is COc1ccc2c(c1)OCC(Cc1ccc3ncnc(NCCO)c3c1)C2. The zero-order valence-corrected chi connectivity index (χ0v) is 15.3. The summed E-state index contributed by atoms with van der Waals surface area (Å²) in [6, 6.07) is 12.3. The monoisotopic (exact) mass is 365 g/mol. The molecule has 1 aliphatic heterocycles. The first-order chi connectivity index (χ1) is 13.3. The number of methoxy groups -OCH3 is 1. The van der Waals surface area contributed by atoms with E-state index < -0.39 is 0 Å². The predicted molar refractivity (Wildman–Crippen MR) is 105 cm³/mol. The summed E-state index contributed by atoms with van der Waals surface area (Å²) in [5, 5.41) is 13.2. The highest BCUT2D eigenvalue weighted by molar-refractivity contribution is 5.89. The van der Waals surface area contributed by atoms with Crippen LogP contribution in [0.5, 0.6) is 11.5 Å². The van der Waals surface area contributed by atoms with Gasteiger partial charge in [0.25, 0.3) is 0 Å². The van der Waals surface area contributed by atoms with E-state index >= 15 is 0 Å². The maximum atomic E-state index is 9.06. The number of aromatic nitrogens is 2. The molecule has 0 radical (unpaired) electrons. The summed E-state index contributed by atoms with van der Waals surface area (Å²) in [6.07, 6.45) is 3.45. The first kappa shape index (κ1) is 17.5. The molecule has 0 amide bonds. The maximum Gasteiger partial charge on any atom is 0.137 e. The lowest BCUT2D eigenvalue weighted by Crippen LogP contribution is -2.22. The first-order valence-corrected chi connectivity index (χ1v) is 9.15. The second-order valence-corrected chi connectivity index (χ2v) is 6.78. The van der Waals surface area contributed by atoms with E-state index in [0.717, 1.165) is 41.1 Å². The van der Waals surface area contributed by atoms with Gasteiger partial charge in [0.1, 0.15) is 23.6 Å². The van der Waals surface area contributed by atoms with E-state index in [4.69, 9.17) is 14.6 Å². The van der Waals surface area contributed by atoms with Crippen LogP contribution < -0.4 is 14.8 Å². The molecule has 1 aromatic heterocycles. The van der Waals surface area contributed by atoms with Crippen LogP contribution in [0.1, 0.15) is 11.1 Å². The zero-order valence-electron chi connectivity index (χ0n) is 15.3. The van der Waals surface area contributed by atoms with Crippen LogP contribution in [0.25, 0.3) is 10.9 Å². The first-order valence-electron chi connectivity index (χ1n) is 9.15. The topological polar surface area (TPSA) is 76.5 Å². The molecule has 0 saturated heterocycles. The normalized spacial score (nSPS) is 15.9. The third kappa shape index (κ3) is 3.80. The van der Waals surface area contributed by atoms with Crippen molar-refractivity contribution in [3.8, 4) is 11.5 Å². The molecule has 2 heterocycles. The third-order valence-electron chi connectivity index (χ3n) is 4.89. The van der Waals surface area contributed by atoms with Gasteiger partial charge in [0.15, 0.2) is 0 Å². The van der Waals surface area contributed by atoms with Gasteiger partial charge >= 0.3 is 0 Å². The molecule has 27 heavy (non-hydrogen) atoms. The van der Waals surface area contributed by atoms with Crippen LogP contribution >= 0.6 is 0 Å². The van der Waals surface area contributed by atoms with Gasteiger partial charge in [-0.3, -0.25) is 0 Å². The Morgan fingerprint density at radius 1 is 1.22 bits per heavy atom. The molecule has 0 fully saturated rings. The molecule has 6 heteroatoms. The van der Waals surface area contributed by atoms with Crippen LogP contribution in [0.3, 0.4) is 0 Å². The average molecular weight is 365 g/mol. The van der Waals surface area contributed by atoms with Crippen LogP contribution in [-0.2, 0) is 12.8 Å². The number of hydrogen-bond acceptors (Lipinski definition) is 6. The fourth-order valence-corrected chi connectivity index (χ4v) is 3.55. The summed E-state index contributed by atoms with van der Waals surface area (Å²) in [5.74, 6) is 2.92. The number of nitrogens with zero attached hydrogens (tertiary/aromatic N) is 2. The highest BCUT2D eigenvalue weighted by Gasteiger charge is 2.21. The van der Waals surface area contributed by atoms with E-state index in [0.29, 0.717) is 19.1 Å². The fraction of sp³-hybridized carbons (Fsp3) is 0.333. The number of fused-ring (bicyclic) bond motifs is 2. The van der Waals surface area contributed by atoms with Crippen LogP contribution in [0.15, 0.2) is 42.7 Å². The number of rotatable bonds is 6. The molecule has 3 aromatic rings. The summed E-state index contributed by atoms with van der Waals surface area (Å²) in [7, 11) is 1.67. The summed E-state index contributed by atoms with van der Waals surface area (Å²) in [5.41, 5.74) is 3.35. The third-order valence-corrected chi connectivity index (χ3v) is 4.89. The van der Waals surface area contributed by atoms with Crippen LogP contribution in [0.2, 0.25) is 0 Å². The molecular formula is C21H23N3O3. The Bertz CT molecular complexity index is 945. The Morgan fingerprint density at radius 3 is 3.00 bits per heavy atom. The van der Waals surface area contributed by atoms with E-state index in [9.17, 15) is 0 Å². The van der Waals surface area contributed by atoms with Gasteiger partial charge in [-0.2, -0.15) is 0 Å². The van der Waals surface area contributed by atoms with E-state index in [1.165, 1.54) is 11.1 Å². The Balaban J connectivity index is 1.53. The number of nitrogens with one attached hydrogen (secondary N) is 1. The number of ether oxygens (including phenoxy) is 2. The van der Waals surface area contributed by atoms with Gasteiger partial charge in [-0.15, -0.1) is 0 Å². The van der Waals surface area contributed by atoms with Crippen molar-refractivity contribution in [2.45, 2.75) is 12.8 Å². The van der Waals surface area contributed by atoms with E-state index in [1.54, 1.807) is 13.4 Å². The maximum absolute atomic E-state index is 9.06. The number of benzene rings is 2. The highest BCUT2D eigenvalue weighted by Crippen LogP contribution is 2.32. The van der Waals surface area contributed by atoms with Crippen molar-refractivity contribution in [1.82, 2.24) is 9.97 Å². The second-order valence-electron chi connectivity index (χ2n) is 6.78. The van der Waals surface area contributed by atoms with Crippen molar-refractivity contribution in [3.05, 3.63) is 53.9 Å². The Morgan fingerprint density at radius 2 is 2.15 bits per heavy atom. The van der Waals surface area contributed by atoms with Gasteiger partial charge in [-0.05, 0) is 42.2 Å². The molecule has 140 valence electrons. The lowest BCUT2D eigenvalue weighted by molar-refractivity contribution is 0.220. The summed E-state index contributed by atoms with van der Waals surface area (Å²) in [6.45, 7) is 1.22. The minimum Gasteiger partial charge on any atom is -0.497 e. The number of aliphatic hydroxyl groups is 1. The fourth-order valence-electron chi connectivity index (χ4n) is 3.55. The second kappa shape index (κ2) is 7.80. The molecule has 2 aromatic carbocycles.